The predicted molar refractivity (Wildman–Crippen MR) is 43.2 cm³/mol. The van der Waals surface area contributed by atoms with E-state index in [0.717, 1.165) is 13.1 Å². The van der Waals surface area contributed by atoms with Gasteiger partial charge in [0.05, 0.1) is 6.54 Å². The van der Waals surface area contributed by atoms with E-state index in [1.54, 1.807) is 6.08 Å². The summed E-state index contributed by atoms with van der Waals surface area (Å²) in [7, 11) is 2.12. The minimum Gasteiger partial charge on any atom is -0.306 e. The van der Waals surface area contributed by atoms with Crippen molar-refractivity contribution in [3.05, 3.63) is 0 Å². The van der Waals surface area contributed by atoms with Gasteiger partial charge in [-0.15, -0.1) is 0 Å². The van der Waals surface area contributed by atoms with Crippen LogP contribution in [0.4, 0.5) is 0 Å². The monoisotopic (exact) mass is 154 g/mol. The highest BCUT2D eigenvalue weighted by atomic mass is 16.1. The smallest absolute Gasteiger partial charge is 0.234 e. The van der Waals surface area contributed by atoms with E-state index in [1.165, 1.54) is 12.8 Å². The molecular formula is C8H14N2O. The van der Waals surface area contributed by atoms with E-state index in [1.807, 2.05) is 0 Å². The van der Waals surface area contributed by atoms with E-state index < -0.39 is 0 Å². The normalized spacial score (nSPS) is 21.2. The SMILES string of the molecule is CN1CCC(CN=C=O)CC1. The first kappa shape index (κ1) is 8.44. The maximum absolute atomic E-state index is 9.81. The van der Waals surface area contributed by atoms with E-state index in [4.69, 9.17) is 0 Å². The van der Waals surface area contributed by atoms with Gasteiger partial charge in [-0.1, -0.05) is 0 Å². The zero-order chi connectivity index (χ0) is 8.10. The summed E-state index contributed by atoms with van der Waals surface area (Å²) in [4.78, 5) is 15.7. The van der Waals surface area contributed by atoms with Gasteiger partial charge in [-0.3, -0.25) is 0 Å². The van der Waals surface area contributed by atoms with Crippen LogP contribution >= 0.6 is 0 Å². The molecule has 0 unspecified atom stereocenters. The van der Waals surface area contributed by atoms with Crippen LogP contribution < -0.4 is 0 Å². The van der Waals surface area contributed by atoms with E-state index >= 15 is 0 Å². The Balaban J connectivity index is 2.22. The molecule has 0 saturated carbocycles. The van der Waals surface area contributed by atoms with Gasteiger partial charge in [0.1, 0.15) is 0 Å². The van der Waals surface area contributed by atoms with Crippen molar-refractivity contribution >= 4 is 6.08 Å². The largest absolute Gasteiger partial charge is 0.306 e. The number of carbonyl (C=O) groups excluding carboxylic acids is 1. The zero-order valence-corrected chi connectivity index (χ0v) is 6.92. The minimum absolute atomic E-state index is 0.618. The highest BCUT2D eigenvalue weighted by molar-refractivity contribution is 5.32. The number of likely N-dealkylation sites (tertiary alicyclic amines) is 1. The molecule has 0 bridgehead atoms. The predicted octanol–water partition coefficient (Wildman–Crippen LogP) is 0.664. The van der Waals surface area contributed by atoms with Crippen molar-refractivity contribution in [3.63, 3.8) is 0 Å². The standard InChI is InChI=1S/C8H14N2O/c1-10-4-2-8(3-5-10)6-9-7-11/h8H,2-6H2,1H3. The van der Waals surface area contributed by atoms with Gasteiger partial charge in [0.15, 0.2) is 0 Å². The van der Waals surface area contributed by atoms with Gasteiger partial charge in [0.2, 0.25) is 6.08 Å². The molecule has 11 heavy (non-hydrogen) atoms. The molecule has 0 atom stereocenters. The lowest BCUT2D eigenvalue weighted by Crippen LogP contribution is -2.31. The number of nitrogens with zero attached hydrogens (tertiary/aromatic N) is 2. The zero-order valence-electron chi connectivity index (χ0n) is 6.92. The van der Waals surface area contributed by atoms with Crippen LogP contribution in [0.3, 0.4) is 0 Å². The lowest BCUT2D eigenvalue weighted by atomic mass is 9.98. The Labute approximate surface area is 67.1 Å². The molecule has 0 aromatic rings. The summed E-state index contributed by atoms with van der Waals surface area (Å²) >= 11 is 0. The molecule has 0 amide bonds. The lowest BCUT2D eigenvalue weighted by molar-refractivity contribution is 0.223. The maximum atomic E-state index is 9.81. The Morgan fingerprint density at radius 2 is 2.18 bits per heavy atom. The van der Waals surface area contributed by atoms with Gasteiger partial charge >= 0.3 is 0 Å². The first-order valence-electron chi connectivity index (χ1n) is 4.05. The van der Waals surface area contributed by atoms with Crippen LogP contribution in [-0.2, 0) is 4.79 Å². The fraction of sp³-hybridized carbons (Fsp3) is 0.875. The van der Waals surface area contributed by atoms with Crippen molar-refractivity contribution in [2.75, 3.05) is 26.7 Å². The highest BCUT2D eigenvalue weighted by Crippen LogP contribution is 2.15. The van der Waals surface area contributed by atoms with Gasteiger partial charge < -0.3 is 4.90 Å². The van der Waals surface area contributed by atoms with Crippen LogP contribution in [-0.4, -0.2) is 37.7 Å². The second kappa shape index (κ2) is 4.27. The van der Waals surface area contributed by atoms with Crippen LogP contribution in [0.5, 0.6) is 0 Å². The molecule has 1 aliphatic rings. The Bertz CT molecular complexity index is 155. The number of hydrogen-bond donors (Lipinski definition) is 0. The highest BCUT2D eigenvalue weighted by Gasteiger charge is 2.15. The maximum Gasteiger partial charge on any atom is 0.234 e. The minimum atomic E-state index is 0.618. The molecule has 0 radical (unpaired) electrons. The van der Waals surface area contributed by atoms with Crippen molar-refractivity contribution in [3.8, 4) is 0 Å². The third-order valence-corrected chi connectivity index (χ3v) is 2.25. The van der Waals surface area contributed by atoms with Gasteiger partial charge in [0, 0.05) is 0 Å². The van der Waals surface area contributed by atoms with Gasteiger partial charge in [-0.25, -0.2) is 9.79 Å². The molecule has 1 fully saturated rings. The Kier molecular flexibility index (Phi) is 3.27. The van der Waals surface area contributed by atoms with Crippen LogP contribution in [0, 0.1) is 5.92 Å². The van der Waals surface area contributed by atoms with E-state index in [-0.39, 0.29) is 0 Å². The summed E-state index contributed by atoms with van der Waals surface area (Å²) in [5.74, 6) is 0.618. The summed E-state index contributed by atoms with van der Waals surface area (Å²) in [5.41, 5.74) is 0. The quantitative estimate of drug-likeness (QED) is 0.432. The first-order valence-corrected chi connectivity index (χ1v) is 4.05. The Morgan fingerprint density at radius 1 is 1.55 bits per heavy atom. The summed E-state index contributed by atoms with van der Waals surface area (Å²) in [5, 5.41) is 0. The fourth-order valence-electron chi connectivity index (χ4n) is 1.41. The molecule has 3 heteroatoms. The molecule has 62 valence electrons. The average Bonchev–Trinajstić information content (AvgIpc) is 2.04. The molecule has 1 rings (SSSR count). The summed E-state index contributed by atoms with van der Waals surface area (Å²) in [6.07, 6.45) is 3.92. The molecule has 0 aliphatic carbocycles. The number of aliphatic imine (C=N–C) groups is 1. The fourth-order valence-corrected chi connectivity index (χ4v) is 1.41. The number of hydrogen-bond acceptors (Lipinski definition) is 3. The van der Waals surface area contributed by atoms with Crippen molar-refractivity contribution in [1.82, 2.24) is 4.90 Å². The molecular weight excluding hydrogens is 140 g/mol. The summed E-state index contributed by atoms with van der Waals surface area (Å²) < 4.78 is 0. The molecule has 3 nitrogen and oxygen atoms in total. The lowest BCUT2D eigenvalue weighted by Gasteiger charge is -2.27. The molecule has 0 N–H and O–H groups in total. The van der Waals surface area contributed by atoms with E-state index in [0.29, 0.717) is 12.5 Å². The van der Waals surface area contributed by atoms with Gasteiger partial charge in [-0.2, -0.15) is 0 Å². The number of rotatable bonds is 2. The number of isocyanates is 1. The topological polar surface area (TPSA) is 32.7 Å². The summed E-state index contributed by atoms with van der Waals surface area (Å²) in [6, 6.07) is 0. The molecule has 1 saturated heterocycles. The third-order valence-electron chi connectivity index (χ3n) is 2.25. The van der Waals surface area contributed by atoms with Crippen molar-refractivity contribution < 1.29 is 4.79 Å². The van der Waals surface area contributed by atoms with E-state index in [9.17, 15) is 4.79 Å². The van der Waals surface area contributed by atoms with Gasteiger partial charge in [-0.05, 0) is 38.9 Å². The van der Waals surface area contributed by atoms with Crippen LogP contribution in [0.2, 0.25) is 0 Å². The van der Waals surface area contributed by atoms with Crippen molar-refractivity contribution in [2.45, 2.75) is 12.8 Å². The Morgan fingerprint density at radius 3 is 2.73 bits per heavy atom. The first-order chi connectivity index (χ1) is 5.33. The van der Waals surface area contributed by atoms with Crippen molar-refractivity contribution in [1.29, 1.82) is 0 Å². The Hall–Kier alpha value is -0.660. The van der Waals surface area contributed by atoms with Crippen LogP contribution in [0.25, 0.3) is 0 Å². The molecule has 0 spiro atoms. The van der Waals surface area contributed by atoms with E-state index in [2.05, 4.69) is 16.9 Å². The molecule has 1 heterocycles. The molecule has 1 aliphatic heterocycles. The molecule has 0 aromatic carbocycles. The third kappa shape index (κ3) is 2.83. The molecule has 0 aromatic heterocycles. The second-order valence-corrected chi connectivity index (χ2v) is 3.18. The van der Waals surface area contributed by atoms with Crippen LogP contribution in [0.15, 0.2) is 4.99 Å². The average molecular weight is 154 g/mol. The van der Waals surface area contributed by atoms with Crippen LogP contribution in [0.1, 0.15) is 12.8 Å². The van der Waals surface area contributed by atoms with Crippen molar-refractivity contribution in [2.24, 2.45) is 10.9 Å². The van der Waals surface area contributed by atoms with Gasteiger partial charge in [0.25, 0.3) is 0 Å². The summed E-state index contributed by atoms with van der Waals surface area (Å²) in [6.45, 7) is 2.95. The second-order valence-electron chi connectivity index (χ2n) is 3.18. The number of piperidine rings is 1.